The second-order valence-corrected chi connectivity index (χ2v) is 4.14. The van der Waals surface area contributed by atoms with E-state index in [0.29, 0.717) is 13.0 Å². The zero-order valence-electron chi connectivity index (χ0n) is 11.1. The molecule has 1 aromatic carbocycles. The van der Waals surface area contributed by atoms with Gasteiger partial charge < -0.3 is 20.4 Å². The number of halogens is 1. The van der Waals surface area contributed by atoms with Crippen LogP contribution in [0.4, 0.5) is 14.9 Å². The highest BCUT2D eigenvalue weighted by molar-refractivity contribution is 5.91. The lowest BCUT2D eigenvalue weighted by molar-refractivity contribution is 0.0696. The standard InChI is InChI=1S/C13H17FN2O4/c1-2-5-16(6-7-17)13(20)15-11-4-3-9(12(18)19)8-10(11)14/h3-4,8,17H,2,5-7H2,1H3,(H,15,20)(H,18,19). The fourth-order valence-electron chi connectivity index (χ4n) is 1.65. The summed E-state index contributed by atoms with van der Waals surface area (Å²) in [5.41, 5.74) is -0.291. The lowest BCUT2D eigenvalue weighted by Gasteiger charge is -2.21. The predicted molar refractivity (Wildman–Crippen MR) is 71.3 cm³/mol. The Bertz CT molecular complexity index is 487. The number of carbonyl (C=O) groups is 2. The van der Waals surface area contributed by atoms with Gasteiger partial charge in [0.1, 0.15) is 5.82 Å². The summed E-state index contributed by atoms with van der Waals surface area (Å²) in [5, 5.41) is 19.9. The average molecular weight is 284 g/mol. The molecule has 0 spiro atoms. The van der Waals surface area contributed by atoms with Gasteiger partial charge in [0.2, 0.25) is 0 Å². The Labute approximate surface area is 115 Å². The number of amides is 2. The molecule has 0 radical (unpaired) electrons. The second-order valence-electron chi connectivity index (χ2n) is 4.14. The smallest absolute Gasteiger partial charge is 0.335 e. The van der Waals surface area contributed by atoms with Crippen molar-refractivity contribution < 1.29 is 24.2 Å². The van der Waals surface area contributed by atoms with Crippen LogP contribution in [0.25, 0.3) is 0 Å². The van der Waals surface area contributed by atoms with Gasteiger partial charge in [0.05, 0.1) is 17.9 Å². The Balaban J connectivity index is 2.81. The van der Waals surface area contributed by atoms with Crippen molar-refractivity contribution in [3.05, 3.63) is 29.6 Å². The molecule has 1 aromatic rings. The van der Waals surface area contributed by atoms with Crippen molar-refractivity contribution in [2.75, 3.05) is 25.0 Å². The van der Waals surface area contributed by atoms with Crippen molar-refractivity contribution in [2.24, 2.45) is 0 Å². The first-order chi connectivity index (χ1) is 9.49. The molecule has 0 aliphatic rings. The Morgan fingerprint density at radius 3 is 2.55 bits per heavy atom. The van der Waals surface area contributed by atoms with Gasteiger partial charge in [-0.1, -0.05) is 6.92 Å². The van der Waals surface area contributed by atoms with E-state index in [9.17, 15) is 14.0 Å². The Kier molecular flexibility index (Phi) is 5.92. The molecule has 1 rings (SSSR count). The Morgan fingerprint density at radius 2 is 2.05 bits per heavy atom. The zero-order valence-corrected chi connectivity index (χ0v) is 11.1. The number of carboxylic acids is 1. The fourth-order valence-corrected chi connectivity index (χ4v) is 1.65. The zero-order chi connectivity index (χ0) is 15.1. The number of nitrogens with zero attached hydrogens (tertiary/aromatic N) is 1. The predicted octanol–water partition coefficient (Wildman–Crippen LogP) is 1.76. The van der Waals surface area contributed by atoms with Crippen molar-refractivity contribution in [2.45, 2.75) is 13.3 Å². The minimum Gasteiger partial charge on any atom is -0.478 e. The number of hydrogen-bond acceptors (Lipinski definition) is 3. The number of carbonyl (C=O) groups excluding carboxylic acids is 1. The minimum atomic E-state index is -1.24. The second kappa shape index (κ2) is 7.44. The molecule has 3 N–H and O–H groups in total. The molecule has 0 aliphatic heterocycles. The number of rotatable bonds is 6. The van der Waals surface area contributed by atoms with Crippen LogP contribution < -0.4 is 5.32 Å². The number of nitrogens with one attached hydrogen (secondary N) is 1. The maximum atomic E-state index is 13.7. The monoisotopic (exact) mass is 284 g/mol. The van der Waals surface area contributed by atoms with Crippen LogP contribution in [-0.4, -0.2) is 46.8 Å². The molecule has 0 saturated heterocycles. The van der Waals surface area contributed by atoms with Crippen LogP contribution in [-0.2, 0) is 0 Å². The summed E-state index contributed by atoms with van der Waals surface area (Å²) < 4.78 is 13.7. The molecule has 0 aliphatic carbocycles. The third-order valence-corrected chi connectivity index (χ3v) is 2.61. The number of urea groups is 1. The number of hydrogen-bond donors (Lipinski definition) is 3. The molecule has 0 heterocycles. The molecule has 7 heteroatoms. The third-order valence-electron chi connectivity index (χ3n) is 2.61. The Morgan fingerprint density at radius 1 is 1.35 bits per heavy atom. The highest BCUT2D eigenvalue weighted by atomic mass is 19.1. The molecule has 0 saturated carbocycles. The van der Waals surface area contributed by atoms with Crippen molar-refractivity contribution in [3.63, 3.8) is 0 Å². The van der Waals surface area contributed by atoms with E-state index < -0.39 is 17.8 Å². The molecule has 0 fully saturated rings. The van der Waals surface area contributed by atoms with Crippen molar-refractivity contribution in [3.8, 4) is 0 Å². The first-order valence-electron chi connectivity index (χ1n) is 6.19. The highest BCUT2D eigenvalue weighted by Gasteiger charge is 2.15. The summed E-state index contributed by atoms with van der Waals surface area (Å²) >= 11 is 0. The van der Waals surface area contributed by atoms with Crippen molar-refractivity contribution >= 4 is 17.7 Å². The van der Waals surface area contributed by atoms with Gasteiger partial charge in [-0.25, -0.2) is 14.0 Å². The van der Waals surface area contributed by atoms with Crippen molar-refractivity contribution in [1.82, 2.24) is 4.90 Å². The normalized spacial score (nSPS) is 10.2. The van der Waals surface area contributed by atoms with E-state index in [1.807, 2.05) is 6.92 Å². The molecule has 0 bridgehead atoms. The van der Waals surface area contributed by atoms with E-state index in [1.165, 1.54) is 17.0 Å². The van der Waals surface area contributed by atoms with Crippen LogP contribution >= 0.6 is 0 Å². The van der Waals surface area contributed by atoms with Gasteiger partial charge in [-0.15, -0.1) is 0 Å². The summed E-state index contributed by atoms with van der Waals surface area (Å²) in [6.07, 6.45) is 0.702. The van der Waals surface area contributed by atoms with E-state index in [2.05, 4.69) is 5.32 Å². The molecule has 110 valence electrons. The number of benzene rings is 1. The van der Waals surface area contributed by atoms with Gasteiger partial charge in [-0.05, 0) is 24.6 Å². The first kappa shape index (κ1) is 15.9. The fraction of sp³-hybridized carbons (Fsp3) is 0.385. The van der Waals surface area contributed by atoms with Crippen LogP contribution in [0.15, 0.2) is 18.2 Å². The van der Waals surface area contributed by atoms with E-state index in [4.69, 9.17) is 10.2 Å². The van der Waals surface area contributed by atoms with E-state index in [0.717, 1.165) is 6.07 Å². The van der Waals surface area contributed by atoms with Crippen molar-refractivity contribution in [1.29, 1.82) is 0 Å². The summed E-state index contributed by atoms with van der Waals surface area (Å²) in [5.74, 6) is -2.06. The van der Waals surface area contributed by atoms with Gasteiger partial charge in [0.15, 0.2) is 0 Å². The minimum absolute atomic E-state index is 0.0981. The summed E-state index contributed by atoms with van der Waals surface area (Å²) in [7, 11) is 0. The molecule has 20 heavy (non-hydrogen) atoms. The number of anilines is 1. The molecule has 0 atom stereocenters. The third kappa shape index (κ3) is 4.20. The molecule has 0 aromatic heterocycles. The molecular weight excluding hydrogens is 267 g/mol. The SMILES string of the molecule is CCCN(CCO)C(=O)Nc1ccc(C(=O)O)cc1F. The van der Waals surface area contributed by atoms with E-state index in [1.54, 1.807) is 0 Å². The maximum Gasteiger partial charge on any atom is 0.335 e. The Hall–Kier alpha value is -2.15. The molecular formula is C13H17FN2O4. The number of carboxylic acid groups (broad SMARTS) is 1. The highest BCUT2D eigenvalue weighted by Crippen LogP contribution is 2.16. The quantitative estimate of drug-likeness (QED) is 0.742. The van der Waals surface area contributed by atoms with E-state index in [-0.39, 0.29) is 24.4 Å². The summed E-state index contributed by atoms with van der Waals surface area (Å²) in [6.45, 7) is 2.27. The lowest BCUT2D eigenvalue weighted by atomic mass is 10.2. The van der Waals surface area contributed by atoms with Gasteiger partial charge in [0, 0.05) is 13.1 Å². The largest absolute Gasteiger partial charge is 0.478 e. The number of aliphatic hydroxyl groups excluding tert-OH is 1. The number of aliphatic hydroxyl groups is 1. The van der Waals surface area contributed by atoms with Crippen LogP contribution in [0.5, 0.6) is 0 Å². The maximum absolute atomic E-state index is 13.7. The van der Waals surface area contributed by atoms with E-state index >= 15 is 0 Å². The van der Waals surface area contributed by atoms with Gasteiger partial charge in [0.25, 0.3) is 0 Å². The topological polar surface area (TPSA) is 89.9 Å². The molecule has 2 amide bonds. The summed E-state index contributed by atoms with van der Waals surface area (Å²) in [4.78, 5) is 23.9. The first-order valence-corrected chi connectivity index (χ1v) is 6.19. The number of aromatic carboxylic acids is 1. The van der Waals surface area contributed by atoms with Crippen LogP contribution in [0.2, 0.25) is 0 Å². The van der Waals surface area contributed by atoms with Crippen LogP contribution in [0, 0.1) is 5.82 Å². The summed E-state index contributed by atoms with van der Waals surface area (Å²) in [6, 6.07) is 2.70. The average Bonchev–Trinajstić information content (AvgIpc) is 2.40. The van der Waals surface area contributed by atoms with Gasteiger partial charge in [-0.3, -0.25) is 0 Å². The molecule has 6 nitrogen and oxygen atoms in total. The van der Waals surface area contributed by atoms with Gasteiger partial charge in [-0.2, -0.15) is 0 Å². The lowest BCUT2D eigenvalue weighted by Crippen LogP contribution is -2.37. The van der Waals surface area contributed by atoms with Gasteiger partial charge >= 0.3 is 12.0 Å². The van der Waals surface area contributed by atoms with Crippen LogP contribution in [0.3, 0.4) is 0 Å². The van der Waals surface area contributed by atoms with Crippen LogP contribution in [0.1, 0.15) is 23.7 Å². The molecule has 0 unspecified atom stereocenters.